The summed E-state index contributed by atoms with van der Waals surface area (Å²) in [5.74, 6) is -0.716. The van der Waals surface area contributed by atoms with Gasteiger partial charge in [0.2, 0.25) is 15.9 Å². The number of carbonyl (C=O) groups is 1. The number of aryl methyl sites for hydroxylation is 2. The van der Waals surface area contributed by atoms with Crippen molar-refractivity contribution in [1.29, 1.82) is 0 Å². The summed E-state index contributed by atoms with van der Waals surface area (Å²) >= 11 is 1.53. The van der Waals surface area contributed by atoms with Gasteiger partial charge in [-0.25, -0.2) is 12.8 Å². The molecule has 0 radical (unpaired) electrons. The minimum absolute atomic E-state index is 0.110. The summed E-state index contributed by atoms with van der Waals surface area (Å²) < 4.78 is 41.2. The second-order valence-corrected chi connectivity index (χ2v) is 11.3. The van der Waals surface area contributed by atoms with Gasteiger partial charge >= 0.3 is 0 Å². The number of piperidine rings is 1. The first kappa shape index (κ1) is 23.6. The second kappa shape index (κ2) is 9.75. The van der Waals surface area contributed by atoms with Crippen LogP contribution in [0.4, 0.5) is 4.39 Å². The Kier molecular flexibility index (Phi) is 6.97. The van der Waals surface area contributed by atoms with Crippen LogP contribution in [0.3, 0.4) is 0 Å². The lowest BCUT2D eigenvalue weighted by Crippen LogP contribution is -2.43. The molecule has 0 spiro atoms. The van der Waals surface area contributed by atoms with Crippen molar-refractivity contribution in [2.45, 2.75) is 37.6 Å². The molecular weight excluding hydrogens is 459 g/mol. The molecule has 0 saturated carbocycles. The van der Waals surface area contributed by atoms with Crippen LogP contribution < -0.4 is 5.32 Å². The number of sulfonamides is 1. The quantitative estimate of drug-likeness (QED) is 0.544. The average Bonchev–Trinajstić information content (AvgIpc) is 3.32. The molecule has 4 rings (SSSR count). The van der Waals surface area contributed by atoms with Crippen molar-refractivity contribution < 1.29 is 17.6 Å². The molecule has 2 heterocycles. The highest BCUT2D eigenvalue weighted by Gasteiger charge is 2.33. The molecule has 0 aliphatic carbocycles. The summed E-state index contributed by atoms with van der Waals surface area (Å²) in [6.07, 6.45) is 0.910. The maximum Gasteiger partial charge on any atom is 0.243 e. The van der Waals surface area contributed by atoms with Crippen LogP contribution >= 0.6 is 11.3 Å². The molecule has 1 aliphatic rings. The minimum atomic E-state index is -3.60. The van der Waals surface area contributed by atoms with Crippen LogP contribution in [0.5, 0.6) is 0 Å². The number of benzene rings is 2. The molecule has 1 amide bonds. The smallest absolute Gasteiger partial charge is 0.243 e. The lowest BCUT2D eigenvalue weighted by Gasteiger charge is -2.32. The van der Waals surface area contributed by atoms with Crippen LogP contribution in [0.2, 0.25) is 0 Å². The van der Waals surface area contributed by atoms with Crippen molar-refractivity contribution in [1.82, 2.24) is 9.62 Å². The predicted octanol–water partition coefficient (Wildman–Crippen LogP) is 4.81. The molecule has 0 bridgehead atoms. The first-order chi connectivity index (χ1) is 15.8. The number of rotatable bonds is 6. The van der Waals surface area contributed by atoms with E-state index in [0.29, 0.717) is 30.8 Å². The number of halogens is 1. The highest BCUT2D eigenvalue weighted by molar-refractivity contribution is 7.89. The first-order valence-electron chi connectivity index (χ1n) is 10.9. The molecule has 2 aromatic carbocycles. The Balaban J connectivity index is 1.44. The highest BCUT2D eigenvalue weighted by Crippen LogP contribution is 2.29. The van der Waals surface area contributed by atoms with Crippen LogP contribution in [0.15, 0.2) is 64.9 Å². The van der Waals surface area contributed by atoms with E-state index in [1.807, 2.05) is 30.5 Å². The third kappa shape index (κ3) is 5.18. The first-order valence-corrected chi connectivity index (χ1v) is 13.2. The molecule has 1 saturated heterocycles. The van der Waals surface area contributed by atoms with Gasteiger partial charge in [0, 0.05) is 23.9 Å². The third-order valence-corrected chi connectivity index (χ3v) is 9.09. The maximum absolute atomic E-state index is 13.4. The molecule has 8 heteroatoms. The van der Waals surface area contributed by atoms with Crippen molar-refractivity contribution in [2.75, 3.05) is 13.1 Å². The van der Waals surface area contributed by atoms with E-state index in [9.17, 15) is 17.6 Å². The van der Waals surface area contributed by atoms with E-state index in [1.54, 1.807) is 31.2 Å². The van der Waals surface area contributed by atoms with E-state index in [-0.39, 0.29) is 23.7 Å². The Bertz CT molecular complexity index is 1220. The second-order valence-electron chi connectivity index (χ2n) is 8.46. The van der Waals surface area contributed by atoms with Crippen LogP contribution in [0.1, 0.15) is 40.5 Å². The van der Waals surface area contributed by atoms with Crippen molar-refractivity contribution in [2.24, 2.45) is 5.92 Å². The largest absolute Gasteiger partial charge is 0.344 e. The SMILES string of the molecule is Cc1ccc(S(=O)(=O)N2CCC(C(=O)NC(c3ccc(F)cc3)c3cccs3)CC2)c(C)c1. The molecule has 5 nitrogen and oxygen atoms in total. The molecule has 33 heavy (non-hydrogen) atoms. The highest BCUT2D eigenvalue weighted by atomic mass is 32.2. The Labute approximate surface area is 198 Å². The van der Waals surface area contributed by atoms with Gasteiger partial charge in [-0.15, -0.1) is 11.3 Å². The topological polar surface area (TPSA) is 66.5 Å². The summed E-state index contributed by atoms with van der Waals surface area (Å²) in [4.78, 5) is 14.4. The molecule has 1 atom stereocenters. The third-order valence-electron chi connectivity index (χ3n) is 6.09. The molecule has 3 aromatic rings. The van der Waals surface area contributed by atoms with Gasteiger partial charge in [-0.2, -0.15) is 4.31 Å². The summed E-state index contributed by atoms with van der Waals surface area (Å²) in [5, 5.41) is 5.05. The van der Waals surface area contributed by atoms with Gasteiger partial charge in [-0.1, -0.05) is 35.9 Å². The van der Waals surface area contributed by atoms with E-state index in [0.717, 1.165) is 21.6 Å². The van der Waals surface area contributed by atoms with Gasteiger partial charge < -0.3 is 5.32 Å². The molecule has 1 unspecified atom stereocenters. The monoisotopic (exact) mass is 486 g/mol. The van der Waals surface area contributed by atoms with Crippen molar-refractivity contribution >= 4 is 27.3 Å². The standard InChI is InChI=1S/C25H27FN2O3S2/c1-17-5-10-23(18(2)16-17)33(30,31)28-13-11-20(12-14-28)25(29)27-24(22-4-3-15-32-22)19-6-8-21(26)9-7-19/h3-10,15-16,20,24H,11-14H2,1-2H3,(H,27,29). The number of nitrogens with zero attached hydrogens (tertiary/aromatic N) is 1. The van der Waals surface area contributed by atoms with Gasteiger partial charge in [-0.05, 0) is 67.5 Å². The maximum atomic E-state index is 13.4. The number of thiophene rings is 1. The molecule has 1 aliphatic heterocycles. The van der Waals surface area contributed by atoms with E-state index in [4.69, 9.17) is 0 Å². The Morgan fingerprint density at radius 2 is 1.79 bits per heavy atom. The van der Waals surface area contributed by atoms with E-state index in [2.05, 4.69) is 5.32 Å². The van der Waals surface area contributed by atoms with Gasteiger partial charge in [0.15, 0.2) is 0 Å². The van der Waals surface area contributed by atoms with Crippen LogP contribution in [0.25, 0.3) is 0 Å². The minimum Gasteiger partial charge on any atom is -0.344 e. The number of hydrogen-bond acceptors (Lipinski definition) is 4. The zero-order valence-corrected chi connectivity index (χ0v) is 20.3. The lowest BCUT2D eigenvalue weighted by atomic mass is 9.96. The average molecular weight is 487 g/mol. The van der Waals surface area contributed by atoms with Crippen LogP contribution in [-0.2, 0) is 14.8 Å². The van der Waals surface area contributed by atoms with E-state index < -0.39 is 10.0 Å². The van der Waals surface area contributed by atoms with E-state index >= 15 is 0 Å². The number of nitrogens with one attached hydrogen (secondary N) is 1. The predicted molar refractivity (Wildman–Crippen MR) is 128 cm³/mol. The summed E-state index contributed by atoms with van der Waals surface area (Å²) in [5.41, 5.74) is 2.55. The lowest BCUT2D eigenvalue weighted by molar-refractivity contribution is -0.126. The fourth-order valence-corrected chi connectivity index (χ4v) is 6.75. The van der Waals surface area contributed by atoms with Gasteiger partial charge in [0.05, 0.1) is 10.9 Å². The van der Waals surface area contributed by atoms with Gasteiger partial charge in [0.1, 0.15) is 5.82 Å². The normalized spacial score (nSPS) is 16.5. The molecule has 1 fully saturated rings. The summed E-state index contributed by atoms with van der Waals surface area (Å²) in [7, 11) is -3.60. The van der Waals surface area contributed by atoms with Gasteiger partial charge in [0.25, 0.3) is 0 Å². The Hall–Kier alpha value is -2.55. The van der Waals surface area contributed by atoms with Crippen molar-refractivity contribution in [3.63, 3.8) is 0 Å². The van der Waals surface area contributed by atoms with Crippen LogP contribution in [-0.4, -0.2) is 31.7 Å². The number of carbonyl (C=O) groups excluding carboxylic acids is 1. The molecule has 1 aromatic heterocycles. The zero-order chi connectivity index (χ0) is 23.6. The number of amides is 1. The van der Waals surface area contributed by atoms with Crippen molar-refractivity contribution in [3.05, 3.63) is 87.4 Å². The zero-order valence-electron chi connectivity index (χ0n) is 18.6. The summed E-state index contributed by atoms with van der Waals surface area (Å²) in [6.45, 7) is 4.34. The Morgan fingerprint density at radius 1 is 1.09 bits per heavy atom. The van der Waals surface area contributed by atoms with E-state index in [1.165, 1.54) is 27.8 Å². The summed E-state index contributed by atoms with van der Waals surface area (Å²) in [6, 6.07) is 15.0. The molecular formula is C25H27FN2O3S2. The molecule has 1 N–H and O–H groups in total. The fraction of sp³-hybridized carbons (Fsp3) is 0.320. The fourth-order valence-electron chi connectivity index (χ4n) is 4.28. The van der Waals surface area contributed by atoms with Crippen LogP contribution in [0, 0.1) is 25.6 Å². The van der Waals surface area contributed by atoms with Gasteiger partial charge in [-0.3, -0.25) is 4.79 Å². The Morgan fingerprint density at radius 3 is 2.39 bits per heavy atom. The van der Waals surface area contributed by atoms with Crippen molar-refractivity contribution in [3.8, 4) is 0 Å². The number of hydrogen-bond donors (Lipinski definition) is 1. The molecule has 174 valence electrons.